The molecule has 2 aliphatic heterocycles. The largest absolute Gasteiger partial charge is 0.493 e. The van der Waals surface area contributed by atoms with Crippen LogP contribution in [-0.4, -0.2) is 42.9 Å². The van der Waals surface area contributed by atoms with Gasteiger partial charge in [-0.1, -0.05) is 6.07 Å². The van der Waals surface area contributed by atoms with Crippen LogP contribution in [0.1, 0.15) is 40.6 Å². The molecule has 4 rings (SSSR count). The third-order valence-corrected chi connectivity index (χ3v) is 5.53. The van der Waals surface area contributed by atoms with Crippen LogP contribution in [0.2, 0.25) is 0 Å². The Morgan fingerprint density at radius 3 is 2.58 bits per heavy atom. The van der Waals surface area contributed by atoms with E-state index in [2.05, 4.69) is 5.32 Å². The minimum absolute atomic E-state index is 0.0113. The smallest absolute Gasteiger partial charge is 0.416 e. The maximum absolute atomic E-state index is 13.0. The molecule has 0 aliphatic carbocycles. The second-order valence-electron chi connectivity index (χ2n) is 7.45. The van der Waals surface area contributed by atoms with E-state index in [9.17, 15) is 27.6 Å². The van der Waals surface area contributed by atoms with Gasteiger partial charge in [0.15, 0.2) is 11.5 Å². The molecule has 0 aromatic heterocycles. The second-order valence-corrected chi connectivity index (χ2v) is 7.45. The molecule has 0 spiro atoms. The van der Waals surface area contributed by atoms with Crippen LogP contribution in [0.4, 0.5) is 18.9 Å². The summed E-state index contributed by atoms with van der Waals surface area (Å²) in [6.45, 7) is 0. The minimum atomic E-state index is -4.57. The Labute approximate surface area is 186 Å². The first-order valence-electron chi connectivity index (χ1n) is 9.91. The molecule has 2 amide bonds. The number of likely N-dealkylation sites (tertiary alicyclic amines) is 1. The SMILES string of the molecule is COc1ccc2c(c1OC)C(=O)O[C@H]2N1C(=O)CC[C@H]1C(=O)Nc1cccc(C(F)(F)F)c1. The van der Waals surface area contributed by atoms with Gasteiger partial charge < -0.3 is 19.5 Å². The van der Waals surface area contributed by atoms with Crippen LogP contribution in [0, 0.1) is 0 Å². The van der Waals surface area contributed by atoms with Gasteiger partial charge in [0.05, 0.1) is 19.8 Å². The number of hydrogen-bond donors (Lipinski definition) is 1. The number of carbonyl (C=O) groups excluding carboxylic acids is 3. The number of halogens is 3. The molecule has 0 bridgehead atoms. The number of alkyl halides is 3. The van der Waals surface area contributed by atoms with Gasteiger partial charge in [0.1, 0.15) is 11.6 Å². The molecular formula is C22H19F3N2O6. The third kappa shape index (κ3) is 3.94. The van der Waals surface area contributed by atoms with Crippen LogP contribution in [0.3, 0.4) is 0 Å². The molecule has 0 radical (unpaired) electrons. The van der Waals surface area contributed by atoms with Gasteiger partial charge in [0.2, 0.25) is 18.0 Å². The predicted molar refractivity (Wildman–Crippen MR) is 108 cm³/mol. The monoisotopic (exact) mass is 464 g/mol. The molecule has 1 N–H and O–H groups in total. The Hall–Kier alpha value is -3.76. The standard InChI is InChI=1S/C22H19F3N2O6/c1-31-15-8-6-13-17(18(15)32-2)21(30)33-20(13)27-14(7-9-16(27)28)19(29)26-12-5-3-4-11(10-12)22(23,24)25/h3-6,8,10,14,20H,7,9H2,1-2H3,(H,26,29)/t14-,20+/m0/s1. The Balaban J connectivity index is 1.63. The van der Waals surface area contributed by atoms with Crippen LogP contribution >= 0.6 is 0 Å². The molecule has 2 atom stereocenters. The fourth-order valence-corrected chi connectivity index (χ4v) is 4.04. The first-order valence-corrected chi connectivity index (χ1v) is 9.91. The third-order valence-electron chi connectivity index (χ3n) is 5.53. The molecule has 11 heteroatoms. The fourth-order valence-electron chi connectivity index (χ4n) is 4.04. The zero-order chi connectivity index (χ0) is 23.9. The van der Waals surface area contributed by atoms with Gasteiger partial charge in [-0.3, -0.25) is 14.5 Å². The second kappa shape index (κ2) is 8.30. The molecule has 2 aromatic rings. The summed E-state index contributed by atoms with van der Waals surface area (Å²) in [6.07, 6.45) is -5.63. The van der Waals surface area contributed by atoms with Crippen molar-refractivity contribution in [1.29, 1.82) is 0 Å². The molecule has 0 unspecified atom stereocenters. The number of cyclic esters (lactones) is 1. The number of methoxy groups -OCH3 is 2. The molecule has 8 nitrogen and oxygen atoms in total. The van der Waals surface area contributed by atoms with E-state index in [4.69, 9.17) is 14.2 Å². The number of fused-ring (bicyclic) bond motifs is 1. The molecule has 2 aliphatic rings. The Kier molecular flexibility index (Phi) is 5.64. The number of esters is 1. The quantitative estimate of drug-likeness (QED) is 0.681. The summed E-state index contributed by atoms with van der Waals surface area (Å²) in [6, 6.07) is 6.22. The maximum Gasteiger partial charge on any atom is 0.416 e. The summed E-state index contributed by atoms with van der Waals surface area (Å²) in [5.74, 6) is -1.44. The van der Waals surface area contributed by atoms with Crippen LogP contribution in [0.15, 0.2) is 36.4 Å². The Morgan fingerprint density at radius 2 is 1.91 bits per heavy atom. The average molecular weight is 464 g/mol. The van der Waals surface area contributed by atoms with Crippen molar-refractivity contribution >= 4 is 23.5 Å². The summed E-state index contributed by atoms with van der Waals surface area (Å²) in [7, 11) is 2.76. The number of anilines is 1. The topological polar surface area (TPSA) is 94.2 Å². The van der Waals surface area contributed by atoms with E-state index in [1.165, 1.54) is 26.4 Å². The van der Waals surface area contributed by atoms with Crippen molar-refractivity contribution in [2.45, 2.75) is 31.3 Å². The van der Waals surface area contributed by atoms with Gasteiger partial charge >= 0.3 is 12.1 Å². The lowest BCUT2D eigenvalue weighted by Crippen LogP contribution is -2.43. The fraction of sp³-hybridized carbons (Fsp3) is 0.318. The predicted octanol–water partition coefficient (Wildman–Crippen LogP) is 3.52. The lowest BCUT2D eigenvalue weighted by Gasteiger charge is -2.29. The summed E-state index contributed by atoms with van der Waals surface area (Å²) in [4.78, 5) is 39.3. The van der Waals surface area contributed by atoms with Gasteiger partial charge in [0, 0.05) is 17.7 Å². The number of carbonyl (C=O) groups is 3. The number of benzene rings is 2. The van der Waals surface area contributed by atoms with E-state index in [0.29, 0.717) is 11.3 Å². The molecule has 1 fully saturated rings. The number of nitrogens with zero attached hydrogens (tertiary/aromatic N) is 1. The van der Waals surface area contributed by atoms with Crippen molar-refractivity contribution in [1.82, 2.24) is 4.90 Å². The van der Waals surface area contributed by atoms with Gasteiger partial charge in [-0.15, -0.1) is 0 Å². The molecule has 0 saturated carbocycles. The van der Waals surface area contributed by atoms with Gasteiger partial charge in [0.25, 0.3) is 0 Å². The minimum Gasteiger partial charge on any atom is -0.493 e. The highest BCUT2D eigenvalue weighted by molar-refractivity contribution is 6.01. The van der Waals surface area contributed by atoms with Crippen LogP contribution in [0.5, 0.6) is 11.5 Å². The van der Waals surface area contributed by atoms with Crippen molar-refractivity contribution in [3.63, 3.8) is 0 Å². The van der Waals surface area contributed by atoms with Crippen molar-refractivity contribution in [2.24, 2.45) is 0 Å². The van der Waals surface area contributed by atoms with E-state index in [-0.39, 0.29) is 29.8 Å². The van der Waals surface area contributed by atoms with Crippen LogP contribution < -0.4 is 14.8 Å². The van der Waals surface area contributed by atoms with Gasteiger partial charge in [-0.2, -0.15) is 13.2 Å². The maximum atomic E-state index is 13.0. The molecule has 174 valence electrons. The van der Waals surface area contributed by atoms with Crippen molar-refractivity contribution in [2.75, 3.05) is 19.5 Å². The number of nitrogens with one attached hydrogen (secondary N) is 1. The molecule has 2 heterocycles. The molecule has 2 aromatic carbocycles. The summed E-state index contributed by atoms with van der Waals surface area (Å²) in [5.41, 5.74) is -0.577. The average Bonchev–Trinajstić information content (AvgIpc) is 3.32. The Morgan fingerprint density at radius 1 is 1.15 bits per heavy atom. The molecular weight excluding hydrogens is 445 g/mol. The van der Waals surface area contributed by atoms with E-state index in [1.807, 2.05) is 0 Å². The summed E-state index contributed by atoms with van der Waals surface area (Å²) < 4.78 is 54.8. The van der Waals surface area contributed by atoms with E-state index >= 15 is 0 Å². The number of ether oxygens (including phenoxy) is 3. The first kappa shape index (κ1) is 22.4. The van der Waals surface area contributed by atoms with Gasteiger partial charge in [-0.05, 0) is 36.8 Å². The molecule has 1 saturated heterocycles. The highest BCUT2D eigenvalue weighted by Crippen LogP contribution is 2.45. The van der Waals surface area contributed by atoms with E-state index < -0.39 is 41.8 Å². The van der Waals surface area contributed by atoms with Crippen molar-refractivity contribution in [3.05, 3.63) is 53.1 Å². The highest BCUT2D eigenvalue weighted by atomic mass is 19.4. The summed E-state index contributed by atoms with van der Waals surface area (Å²) >= 11 is 0. The van der Waals surface area contributed by atoms with Crippen molar-refractivity contribution < 1.29 is 41.8 Å². The number of amides is 2. The van der Waals surface area contributed by atoms with Crippen LogP contribution in [0.25, 0.3) is 0 Å². The first-order chi connectivity index (χ1) is 15.7. The molecule has 33 heavy (non-hydrogen) atoms. The zero-order valence-corrected chi connectivity index (χ0v) is 17.6. The van der Waals surface area contributed by atoms with Gasteiger partial charge in [-0.25, -0.2) is 4.79 Å². The number of hydrogen-bond acceptors (Lipinski definition) is 6. The van der Waals surface area contributed by atoms with Crippen LogP contribution in [-0.2, 0) is 20.5 Å². The number of rotatable bonds is 5. The lowest BCUT2D eigenvalue weighted by atomic mass is 10.0. The zero-order valence-electron chi connectivity index (χ0n) is 17.6. The summed E-state index contributed by atoms with van der Waals surface area (Å²) in [5, 5.41) is 2.43. The van der Waals surface area contributed by atoms with E-state index in [0.717, 1.165) is 17.0 Å². The van der Waals surface area contributed by atoms with E-state index in [1.54, 1.807) is 12.1 Å². The van der Waals surface area contributed by atoms with Crippen molar-refractivity contribution in [3.8, 4) is 11.5 Å². The normalized spacial score (nSPS) is 19.8. The lowest BCUT2D eigenvalue weighted by molar-refractivity contribution is -0.144. The highest BCUT2D eigenvalue weighted by Gasteiger charge is 2.47. The Bertz CT molecular complexity index is 1130.